The summed E-state index contributed by atoms with van der Waals surface area (Å²) in [4.78, 5) is 2.24. The van der Waals surface area contributed by atoms with Crippen molar-refractivity contribution < 1.29 is 9.84 Å². The second kappa shape index (κ2) is 5.26. The average molecular weight is 250 g/mol. The van der Waals surface area contributed by atoms with Crippen LogP contribution in [0.15, 0.2) is 24.3 Å². The Morgan fingerprint density at radius 2 is 2.33 bits per heavy atom. The Labute approximate surface area is 108 Å². The molecule has 3 N–H and O–H groups in total. The first kappa shape index (κ1) is 13.3. The predicted octanol–water partition coefficient (Wildman–Crippen LogP) is 1.15. The zero-order chi connectivity index (χ0) is 13.2. The molecular formula is C14H22N2O2. The molecule has 2 rings (SSSR count). The van der Waals surface area contributed by atoms with Crippen LogP contribution in [0.4, 0.5) is 0 Å². The topological polar surface area (TPSA) is 58.7 Å². The first-order valence-corrected chi connectivity index (χ1v) is 6.36. The quantitative estimate of drug-likeness (QED) is 0.841. The summed E-state index contributed by atoms with van der Waals surface area (Å²) in [6.45, 7) is 3.98. The molecule has 0 amide bonds. The fourth-order valence-electron chi connectivity index (χ4n) is 2.59. The summed E-state index contributed by atoms with van der Waals surface area (Å²) in [5.74, 6) is 0.844. The van der Waals surface area contributed by atoms with Crippen LogP contribution < -0.4 is 10.5 Å². The van der Waals surface area contributed by atoms with E-state index < -0.39 is 5.60 Å². The van der Waals surface area contributed by atoms with Crippen molar-refractivity contribution in [3.05, 3.63) is 29.8 Å². The van der Waals surface area contributed by atoms with Crippen LogP contribution in [-0.4, -0.2) is 42.4 Å². The minimum atomic E-state index is -0.591. The molecule has 0 aliphatic carbocycles. The molecule has 1 aromatic rings. The lowest BCUT2D eigenvalue weighted by atomic mass is 10.0. The smallest absolute Gasteiger partial charge is 0.119 e. The van der Waals surface area contributed by atoms with Crippen LogP contribution in [-0.2, 0) is 0 Å². The summed E-state index contributed by atoms with van der Waals surface area (Å²) in [6, 6.07) is 8.13. The molecular weight excluding hydrogens is 228 g/mol. The van der Waals surface area contributed by atoms with Gasteiger partial charge in [0.05, 0.1) is 12.7 Å². The minimum Gasteiger partial charge on any atom is -0.497 e. The maximum absolute atomic E-state index is 10.0. The van der Waals surface area contributed by atoms with Gasteiger partial charge >= 0.3 is 0 Å². The second-order valence-corrected chi connectivity index (χ2v) is 5.25. The van der Waals surface area contributed by atoms with E-state index in [4.69, 9.17) is 10.5 Å². The van der Waals surface area contributed by atoms with Crippen LogP contribution in [0.1, 0.15) is 24.9 Å². The van der Waals surface area contributed by atoms with E-state index in [0.29, 0.717) is 13.1 Å². The molecule has 0 aromatic heterocycles. The van der Waals surface area contributed by atoms with Gasteiger partial charge in [-0.1, -0.05) is 12.1 Å². The summed E-state index contributed by atoms with van der Waals surface area (Å²) in [6.07, 6.45) is 0.799. The fraction of sp³-hybridized carbons (Fsp3) is 0.571. The molecule has 0 saturated carbocycles. The third kappa shape index (κ3) is 2.83. The molecule has 1 aromatic carbocycles. The molecule has 1 aliphatic heterocycles. The third-order valence-corrected chi connectivity index (χ3v) is 3.62. The van der Waals surface area contributed by atoms with Crippen LogP contribution in [0.3, 0.4) is 0 Å². The Morgan fingerprint density at radius 3 is 2.89 bits per heavy atom. The maximum Gasteiger partial charge on any atom is 0.119 e. The highest BCUT2D eigenvalue weighted by Gasteiger charge is 2.35. The molecule has 0 radical (unpaired) electrons. The minimum absolute atomic E-state index is 0.147. The summed E-state index contributed by atoms with van der Waals surface area (Å²) >= 11 is 0. The van der Waals surface area contributed by atoms with Crippen molar-refractivity contribution >= 4 is 0 Å². The lowest BCUT2D eigenvalue weighted by molar-refractivity contribution is 0.0626. The molecule has 2 unspecified atom stereocenters. The van der Waals surface area contributed by atoms with Crippen molar-refractivity contribution in [3.63, 3.8) is 0 Å². The Balaban J connectivity index is 2.18. The van der Waals surface area contributed by atoms with Crippen molar-refractivity contribution in [3.8, 4) is 5.75 Å². The number of nitrogens with two attached hydrogens (primary N) is 1. The van der Waals surface area contributed by atoms with E-state index in [9.17, 15) is 5.11 Å². The number of ether oxygens (including phenoxy) is 1. The highest BCUT2D eigenvalue weighted by atomic mass is 16.5. The third-order valence-electron chi connectivity index (χ3n) is 3.62. The first-order chi connectivity index (χ1) is 8.55. The molecule has 4 heteroatoms. The summed E-state index contributed by atoms with van der Waals surface area (Å²) < 4.78 is 5.24. The van der Waals surface area contributed by atoms with E-state index in [-0.39, 0.29) is 6.04 Å². The summed E-state index contributed by atoms with van der Waals surface area (Å²) in [5, 5.41) is 10.0. The molecule has 0 spiro atoms. The predicted molar refractivity (Wildman–Crippen MR) is 71.6 cm³/mol. The highest BCUT2D eigenvalue weighted by Crippen LogP contribution is 2.30. The molecule has 0 bridgehead atoms. The normalized spacial score (nSPS) is 26.2. The highest BCUT2D eigenvalue weighted by molar-refractivity contribution is 5.31. The number of rotatable bonds is 4. The first-order valence-electron chi connectivity index (χ1n) is 6.36. The fourth-order valence-corrected chi connectivity index (χ4v) is 2.59. The van der Waals surface area contributed by atoms with Gasteiger partial charge in [0.25, 0.3) is 0 Å². The maximum atomic E-state index is 10.0. The molecule has 4 nitrogen and oxygen atoms in total. The number of hydrogen-bond acceptors (Lipinski definition) is 4. The number of methoxy groups -OCH3 is 1. The lowest BCUT2D eigenvalue weighted by Crippen LogP contribution is -2.35. The van der Waals surface area contributed by atoms with Crippen molar-refractivity contribution in [1.29, 1.82) is 0 Å². The van der Waals surface area contributed by atoms with E-state index in [2.05, 4.69) is 11.0 Å². The van der Waals surface area contributed by atoms with E-state index in [1.807, 2.05) is 25.1 Å². The van der Waals surface area contributed by atoms with Crippen LogP contribution in [0.5, 0.6) is 5.75 Å². The Bertz CT molecular complexity index is 407. The van der Waals surface area contributed by atoms with Gasteiger partial charge in [0.15, 0.2) is 0 Å². The van der Waals surface area contributed by atoms with Gasteiger partial charge in [-0.05, 0) is 31.0 Å². The zero-order valence-electron chi connectivity index (χ0n) is 11.1. The number of β-amino-alcohol motifs (C(OH)–C–C–N with tert-alkyl or cyclic N) is 1. The Hall–Kier alpha value is -1.10. The van der Waals surface area contributed by atoms with Crippen LogP contribution >= 0.6 is 0 Å². The van der Waals surface area contributed by atoms with E-state index in [1.54, 1.807) is 7.11 Å². The molecule has 100 valence electrons. The molecule has 1 aliphatic rings. The van der Waals surface area contributed by atoms with Gasteiger partial charge in [-0.2, -0.15) is 0 Å². The molecule has 1 fully saturated rings. The van der Waals surface area contributed by atoms with Crippen LogP contribution in [0.2, 0.25) is 0 Å². The van der Waals surface area contributed by atoms with Crippen LogP contribution in [0, 0.1) is 0 Å². The Kier molecular flexibility index (Phi) is 3.90. The number of benzene rings is 1. The molecule has 1 saturated heterocycles. The van der Waals surface area contributed by atoms with Gasteiger partial charge in [-0.3, -0.25) is 4.90 Å². The average Bonchev–Trinajstić information content (AvgIpc) is 2.71. The SMILES string of the molecule is COc1cccc(C(CN)N2CCC(C)(O)C2)c1. The van der Waals surface area contributed by atoms with E-state index >= 15 is 0 Å². The van der Waals surface area contributed by atoms with Crippen molar-refractivity contribution in [1.82, 2.24) is 4.90 Å². The monoisotopic (exact) mass is 250 g/mol. The lowest BCUT2D eigenvalue weighted by Gasteiger charge is -2.28. The Morgan fingerprint density at radius 1 is 1.56 bits per heavy atom. The van der Waals surface area contributed by atoms with Gasteiger partial charge in [0, 0.05) is 25.7 Å². The van der Waals surface area contributed by atoms with Crippen molar-refractivity contribution in [2.45, 2.75) is 25.0 Å². The second-order valence-electron chi connectivity index (χ2n) is 5.25. The number of aliphatic hydroxyl groups is 1. The van der Waals surface area contributed by atoms with E-state index in [1.165, 1.54) is 0 Å². The summed E-state index contributed by atoms with van der Waals surface area (Å²) in [5.41, 5.74) is 6.46. The molecule has 1 heterocycles. The number of hydrogen-bond donors (Lipinski definition) is 2. The molecule has 2 atom stereocenters. The molecule has 18 heavy (non-hydrogen) atoms. The largest absolute Gasteiger partial charge is 0.497 e. The van der Waals surface area contributed by atoms with Gasteiger partial charge < -0.3 is 15.6 Å². The number of likely N-dealkylation sites (tertiary alicyclic amines) is 1. The van der Waals surface area contributed by atoms with Gasteiger partial charge in [-0.15, -0.1) is 0 Å². The van der Waals surface area contributed by atoms with Gasteiger partial charge in [0.1, 0.15) is 5.75 Å². The van der Waals surface area contributed by atoms with Crippen molar-refractivity contribution in [2.24, 2.45) is 5.73 Å². The zero-order valence-corrected chi connectivity index (χ0v) is 11.1. The van der Waals surface area contributed by atoms with Gasteiger partial charge in [0.2, 0.25) is 0 Å². The van der Waals surface area contributed by atoms with E-state index in [0.717, 1.165) is 24.3 Å². The van der Waals surface area contributed by atoms with Crippen molar-refractivity contribution in [2.75, 3.05) is 26.7 Å². The van der Waals surface area contributed by atoms with Gasteiger partial charge in [-0.25, -0.2) is 0 Å². The summed E-state index contributed by atoms with van der Waals surface area (Å²) in [7, 11) is 1.66. The van der Waals surface area contributed by atoms with Crippen LogP contribution in [0.25, 0.3) is 0 Å². The number of nitrogens with zero attached hydrogens (tertiary/aromatic N) is 1. The standard InChI is InChI=1S/C14H22N2O2/c1-14(17)6-7-16(10-14)13(9-15)11-4-3-5-12(8-11)18-2/h3-5,8,13,17H,6-7,9-10,15H2,1-2H3.